The maximum absolute atomic E-state index is 11.7. The Labute approximate surface area is 95.3 Å². The molecule has 4 heteroatoms. The van der Waals surface area contributed by atoms with Crippen molar-refractivity contribution in [2.75, 3.05) is 27.2 Å². The summed E-state index contributed by atoms with van der Waals surface area (Å²) in [7, 11) is 3.67. The van der Waals surface area contributed by atoms with E-state index in [1.54, 1.807) is 21.1 Å². The van der Waals surface area contributed by atoms with Crippen LogP contribution >= 0.6 is 11.3 Å². The molecule has 15 heavy (non-hydrogen) atoms. The van der Waals surface area contributed by atoms with Crippen molar-refractivity contribution in [2.45, 2.75) is 13.3 Å². The Balaban J connectivity index is 2.35. The average molecular weight is 226 g/mol. The van der Waals surface area contributed by atoms with Crippen LogP contribution in [0.3, 0.4) is 0 Å². The van der Waals surface area contributed by atoms with Gasteiger partial charge in [-0.1, -0.05) is 6.07 Å². The van der Waals surface area contributed by atoms with Crippen molar-refractivity contribution in [3.05, 3.63) is 22.4 Å². The zero-order valence-electron chi connectivity index (χ0n) is 9.56. The molecule has 0 unspecified atom stereocenters. The van der Waals surface area contributed by atoms with Gasteiger partial charge in [-0.25, -0.2) is 4.79 Å². The molecule has 0 radical (unpaired) electrons. The lowest BCUT2D eigenvalue weighted by Gasteiger charge is -2.23. The first-order valence-corrected chi connectivity index (χ1v) is 6.01. The van der Waals surface area contributed by atoms with Gasteiger partial charge in [0.15, 0.2) is 0 Å². The molecule has 2 amide bonds. The summed E-state index contributed by atoms with van der Waals surface area (Å²) >= 11 is 1.74. The molecule has 3 nitrogen and oxygen atoms in total. The van der Waals surface area contributed by atoms with E-state index in [1.165, 1.54) is 4.88 Å². The van der Waals surface area contributed by atoms with E-state index >= 15 is 0 Å². The van der Waals surface area contributed by atoms with E-state index in [0.717, 1.165) is 19.5 Å². The number of carbonyl (C=O) groups is 1. The van der Waals surface area contributed by atoms with Gasteiger partial charge in [-0.2, -0.15) is 0 Å². The molecule has 0 fully saturated rings. The van der Waals surface area contributed by atoms with E-state index in [9.17, 15) is 4.79 Å². The van der Waals surface area contributed by atoms with Gasteiger partial charge in [0.25, 0.3) is 0 Å². The van der Waals surface area contributed by atoms with Crippen molar-refractivity contribution in [3.8, 4) is 0 Å². The smallest absolute Gasteiger partial charge is 0.319 e. The molecule has 0 aromatic carbocycles. The van der Waals surface area contributed by atoms with Crippen LogP contribution in [0.4, 0.5) is 4.79 Å². The molecule has 0 N–H and O–H groups in total. The van der Waals surface area contributed by atoms with Crippen molar-refractivity contribution >= 4 is 17.4 Å². The molecule has 1 heterocycles. The predicted octanol–water partition coefficient (Wildman–Crippen LogP) is 2.29. The summed E-state index contributed by atoms with van der Waals surface area (Å²) in [6.07, 6.45) is 0.942. The quantitative estimate of drug-likeness (QED) is 0.772. The molecule has 0 saturated heterocycles. The molecule has 0 spiro atoms. The third kappa shape index (κ3) is 3.55. The van der Waals surface area contributed by atoms with E-state index in [4.69, 9.17) is 0 Å². The summed E-state index contributed by atoms with van der Waals surface area (Å²) in [6.45, 7) is 3.51. The molecule has 1 aromatic rings. The lowest BCUT2D eigenvalue weighted by Crippen LogP contribution is -2.39. The van der Waals surface area contributed by atoms with Gasteiger partial charge in [0.05, 0.1) is 0 Å². The summed E-state index contributed by atoms with van der Waals surface area (Å²) in [5.74, 6) is 0. The third-order valence-electron chi connectivity index (χ3n) is 2.40. The lowest BCUT2D eigenvalue weighted by molar-refractivity contribution is 0.176. The van der Waals surface area contributed by atoms with E-state index in [-0.39, 0.29) is 6.03 Å². The van der Waals surface area contributed by atoms with Crippen molar-refractivity contribution in [3.63, 3.8) is 0 Å². The fourth-order valence-electron chi connectivity index (χ4n) is 1.26. The topological polar surface area (TPSA) is 23.6 Å². The first-order valence-electron chi connectivity index (χ1n) is 5.13. The fraction of sp³-hybridized carbons (Fsp3) is 0.545. The number of amides is 2. The van der Waals surface area contributed by atoms with Gasteiger partial charge >= 0.3 is 6.03 Å². The molecular formula is C11H18N2OS. The maximum atomic E-state index is 11.7. The number of thiophene rings is 1. The Hall–Kier alpha value is -1.03. The molecule has 0 aliphatic carbocycles. The zero-order chi connectivity index (χ0) is 11.3. The number of hydrogen-bond acceptors (Lipinski definition) is 2. The van der Waals surface area contributed by atoms with Gasteiger partial charge in [-0.15, -0.1) is 11.3 Å². The Morgan fingerprint density at radius 3 is 2.67 bits per heavy atom. The van der Waals surface area contributed by atoms with Crippen molar-refractivity contribution in [1.82, 2.24) is 9.80 Å². The molecular weight excluding hydrogens is 208 g/mol. The molecule has 1 aromatic heterocycles. The van der Waals surface area contributed by atoms with Crippen LogP contribution < -0.4 is 0 Å². The number of urea groups is 1. The third-order valence-corrected chi connectivity index (χ3v) is 3.34. The van der Waals surface area contributed by atoms with Gasteiger partial charge in [0, 0.05) is 32.1 Å². The van der Waals surface area contributed by atoms with Crippen LogP contribution in [-0.4, -0.2) is 43.0 Å². The van der Waals surface area contributed by atoms with Crippen LogP contribution in [0.25, 0.3) is 0 Å². The molecule has 0 aliphatic rings. The second-order valence-electron chi connectivity index (χ2n) is 3.55. The Kier molecular flexibility index (Phi) is 4.62. The second kappa shape index (κ2) is 5.75. The van der Waals surface area contributed by atoms with Crippen LogP contribution in [0, 0.1) is 0 Å². The zero-order valence-corrected chi connectivity index (χ0v) is 10.4. The van der Waals surface area contributed by atoms with E-state index in [1.807, 2.05) is 27.1 Å². The van der Waals surface area contributed by atoms with Crippen molar-refractivity contribution in [1.29, 1.82) is 0 Å². The summed E-state index contributed by atoms with van der Waals surface area (Å²) in [6, 6.07) is 4.24. The van der Waals surface area contributed by atoms with Crippen LogP contribution in [0.2, 0.25) is 0 Å². The number of likely N-dealkylation sites (N-methyl/N-ethyl adjacent to an activating group) is 1. The van der Waals surface area contributed by atoms with Crippen molar-refractivity contribution < 1.29 is 4.79 Å². The Morgan fingerprint density at radius 1 is 1.40 bits per heavy atom. The van der Waals surface area contributed by atoms with Crippen molar-refractivity contribution in [2.24, 2.45) is 0 Å². The first-order chi connectivity index (χ1) is 7.15. The number of carbonyl (C=O) groups excluding carboxylic acids is 1. The molecule has 0 saturated carbocycles. The molecule has 1 rings (SSSR count). The SMILES string of the molecule is CCN(C)C(=O)N(C)CCc1cccs1. The Morgan fingerprint density at radius 2 is 2.13 bits per heavy atom. The summed E-state index contributed by atoms with van der Waals surface area (Å²) in [5.41, 5.74) is 0. The average Bonchev–Trinajstić information content (AvgIpc) is 2.76. The minimum Gasteiger partial charge on any atom is -0.328 e. The van der Waals surface area contributed by atoms with Crippen LogP contribution in [-0.2, 0) is 6.42 Å². The minimum atomic E-state index is 0.0917. The largest absolute Gasteiger partial charge is 0.328 e. The van der Waals surface area contributed by atoms with Crippen LogP contribution in [0.5, 0.6) is 0 Å². The molecule has 0 aliphatic heterocycles. The highest BCUT2D eigenvalue weighted by Gasteiger charge is 2.11. The highest BCUT2D eigenvalue weighted by molar-refractivity contribution is 7.09. The highest BCUT2D eigenvalue weighted by atomic mass is 32.1. The fourth-order valence-corrected chi connectivity index (χ4v) is 1.95. The van der Waals surface area contributed by atoms with Gasteiger partial charge in [-0.05, 0) is 24.8 Å². The second-order valence-corrected chi connectivity index (χ2v) is 4.58. The van der Waals surface area contributed by atoms with Gasteiger partial charge in [-0.3, -0.25) is 0 Å². The number of rotatable bonds is 4. The van der Waals surface area contributed by atoms with Crippen LogP contribution in [0.1, 0.15) is 11.8 Å². The predicted molar refractivity (Wildman–Crippen MR) is 64.4 cm³/mol. The standard InChI is InChI=1S/C11H18N2OS/c1-4-12(2)11(14)13(3)8-7-10-6-5-9-15-10/h5-6,9H,4,7-8H2,1-3H3. The van der Waals surface area contributed by atoms with Crippen LogP contribution in [0.15, 0.2) is 17.5 Å². The summed E-state index contributed by atoms with van der Waals surface area (Å²) < 4.78 is 0. The van der Waals surface area contributed by atoms with Gasteiger partial charge in [0.1, 0.15) is 0 Å². The summed E-state index contributed by atoms with van der Waals surface area (Å²) in [4.78, 5) is 16.5. The Bertz CT molecular complexity index is 298. The maximum Gasteiger partial charge on any atom is 0.319 e. The monoisotopic (exact) mass is 226 g/mol. The molecule has 84 valence electrons. The molecule has 0 atom stereocenters. The minimum absolute atomic E-state index is 0.0917. The summed E-state index contributed by atoms with van der Waals surface area (Å²) in [5, 5.41) is 2.06. The van der Waals surface area contributed by atoms with E-state index in [0.29, 0.717) is 0 Å². The number of hydrogen-bond donors (Lipinski definition) is 0. The normalized spacial score (nSPS) is 10.1. The lowest BCUT2D eigenvalue weighted by atomic mass is 10.3. The van der Waals surface area contributed by atoms with Gasteiger partial charge in [0.2, 0.25) is 0 Å². The highest BCUT2D eigenvalue weighted by Crippen LogP contribution is 2.09. The van der Waals surface area contributed by atoms with E-state index in [2.05, 4.69) is 11.4 Å². The molecule has 0 bridgehead atoms. The first kappa shape index (κ1) is 12.0. The van der Waals surface area contributed by atoms with Gasteiger partial charge < -0.3 is 9.80 Å². The number of nitrogens with zero attached hydrogens (tertiary/aromatic N) is 2. The van der Waals surface area contributed by atoms with E-state index < -0.39 is 0 Å².